The topological polar surface area (TPSA) is 26.3 Å². The van der Waals surface area contributed by atoms with E-state index in [4.69, 9.17) is 4.74 Å². The van der Waals surface area contributed by atoms with Crippen molar-refractivity contribution in [3.8, 4) is 5.75 Å². The van der Waals surface area contributed by atoms with Gasteiger partial charge >= 0.3 is 0 Å². The first-order valence-electron chi connectivity index (χ1n) is 7.07. The zero-order valence-electron chi connectivity index (χ0n) is 11.4. The number of thiophene rings is 1. The molecule has 1 unspecified atom stereocenters. The highest BCUT2D eigenvalue weighted by atomic mass is 32.1. The lowest BCUT2D eigenvalue weighted by Crippen LogP contribution is -2.20. The Hall–Kier alpha value is -2.13. The van der Waals surface area contributed by atoms with E-state index in [9.17, 15) is 4.79 Å². The molecule has 0 saturated carbocycles. The smallest absolute Gasteiger partial charge is 0.180 e. The van der Waals surface area contributed by atoms with E-state index >= 15 is 0 Å². The van der Waals surface area contributed by atoms with Crippen molar-refractivity contribution in [1.82, 2.24) is 0 Å². The van der Waals surface area contributed by atoms with Crippen molar-refractivity contribution in [3.05, 3.63) is 65.0 Å². The molecule has 4 rings (SSSR count). The maximum Gasteiger partial charge on any atom is 0.180 e. The van der Waals surface area contributed by atoms with Gasteiger partial charge in [-0.25, -0.2) is 0 Å². The van der Waals surface area contributed by atoms with Gasteiger partial charge in [-0.1, -0.05) is 36.4 Å². The Kier molecular flexibility index (Phi) is 3.00. The third-order valence-electron chi connectivity index (χ3n) is 3.94. The Bertz CT molecular complexity index is 786. The third kappa shape index (κ3) is 2.14. The SMILES string of the molecule is O=C(c1cc2ccccc2s1)C1CCOc2ccccc21. The number of ketones is 1. The van der Waals surface area contributed by atoms with Crippen molar-refractivity contribution in [2.75, 3.05) is 6.61 Å². The first kappa shape index (κ1) is 12.6. The van der Waals surface area contributed by atoms with Crippen LogP contribution >= 0.6 is 11.3 Å². The molecule has 0 N–H and O–H groups in total. The molecule has 0 amide bonds. The van der Waals surface area contributed by atoms with Gasteiger partial charge in [-0.3, -0.25) is 4.79 Å². The molecule has 3 aromatic rings. The lowest BCUT2D eigenvalue weighted by molar-refractivity contribution is 0.0937. The number of para-hydroxylation sites is 1. The van der Waals surface area contributed by atoms with Gasteiger partial charge < -0.3 is 4.74 Å². The fourth-order valence-corrected chi connectivity index (χ4v) is 3.95. The highest BCUT2D eigenvalue weighted by molar-refractivity contribution is 7.20. The summed E-state index contributed by atoms with van der Waals surface area (Å²) in [6.07, 6.45) is 0.754. The molecule has 1 aliphatic heterocycles. The van der Waals surface area contributed by atoms with Gasteiger partial charge in [0.1, 0.15) is 5.75 Å². The molecule has 0 saturated heterocycles. The minimum absolute atomic E-state index is 0.0805. The lowest BCUT2D eigenvalue weighted by atomic mass is 9.88. The normalized spacial score (nSPS) is 17.2. The van der Waals surface area contributed by atoms with Gasteiger partial charge in [0, 0.05) is 10.3 Å². The van der Waals surface area contributed by atoms with Crippen LogP contribution in [0.15, 0.2) is 54.6 Å². The molecule has 0 spiro atoms. The number of ether oxygens (including phenoxy) is 1. The third-order valence-corrected chi connectivity index (χ3v) is 5.07. The fourth-order valence-electron chi connectivity index (χ4n) is 2.89. The standard InChI is InChI=1S/C18H14O2S/c19-18(17-11-12-5-1-4-8-16(12)21-17)14-9-10-20-15-7-3-2-6-13(14)15/h1-8,11,14H,9-10H2. The number of benzene rings is 2. The molecular weight excluding hydrogens is 280 g/mol. The Morgan fingerprint density at radius 1 is 1.10 bits per heavy atom. The van der Waals surface area contributed by atoms with Crippen molar-refractivity contribution in [3.63, 3.8) is 0 Å². The predicted molar refractivity (Wildman–Crippen MR) is 85.5 cm³/mol. The molecule has 2 nitrogen and oxygen atoms in total. The summed E-state index contributed by atoms with van der Waals surface area (Å²) in [5, 5.41) is 1.14. The van der Waals surface area contributed by atoms with Crippen molar-refractivity contribution in [1.29, 1.82) is 0 Å². The first-order chi connectivity index (χ1) is 10.3. The zero-order chi connectivity index (χ0) is 14.2. The van der Waals surface area contributed by atoms with E-state index in [1.54, 1.807) is 11.3 Å². The van der Waals surface area contributed by atoms with Crippen molar-refractivity contribution in [2.45, 2.75) is 12.3 Å². The highest BCUT2D eigenvalue weighted by Crippen LogP contribution is 2.37. The summed E-state index contributed by atoms with van der Waals surface area (Å²) >= 11 is 1.58. The van der Waals surface area contributed by atoms with E-state index in [-0.39, 0.29) is 11.7 Å². The summed E-state index contributed by atoms with van der Waals surface area (Å²) in [6, 6.07) is 18.0. The van der Waals surface area contributed by atoms with Crippen molar-refractivity contribution < 1.29 is 9.53 Å². The van der Waals surface area contributed by atoms with Gasteiger partial charge in [0.2, 0.25) is 0 Å². The highest BCUT2D eigenvalue weighted by Gasteiger charge is 2.29. The predicted octanol–water partition coefficient (Wildman–Crippen LogP) is 4.65. The van der Waals surface area contributed by atoms with Crippen LogP contribution in [0.5, 0.6) is 5.75 Å². The van der Waals surface area contributed by atoms with Crippen LogP contribution in [-0.4, -0.2) is 12.4 Å². The van der Waals surface area contributed by atoms with Crippen LogP contribution < -0.4 is 4.74 Å². The van der Waals surface area contributed by atoms with E-state index in [0.29, 0.717) is 6.61 Å². The number of hydrogen-bond donors (Lipinski definition) is 0. The average Bonchev–Trinajstić information content (AvgIpc) is 2.97. The van der Waals surface area contributed by atoms with Crippen LogP contribution in [0.1, 0.15) is 27.6 Å². The summed E-state index contributed by atoms with van der Waals surface area (Å²) in [5.74, 6) is 0.984. The Balaban J connectivity index is 1.75. The number of hydrogen-bond acceptors (Lipinski definition) is 3. The molecule has 3 heteroatoms. The molecule has 21 heavy (non-hydrogen) atoms. The molecule has 0 aliphatic carbocycles. The molecule has 0 fully saturated rings. The molecular formula is C18H14O2S. The lowest BCUT2D eigenvalue weighted by Gasteiger charge is -2.24. The van der Waals surface area contributed by atoms with Crippen LogP contribution in [0.25, 0.3) is 10.1 Å². The second-order valence-electron chi connectivity index (χ2n) is 5.24. The van der Waals surface area contributed by atoms with Gasteiger partial charge in [0.25, 0.3) is 0 Å². The Morgan fingerprint density at radius 2 is 1.90 bits per heavy atom. The zero-order valence-corrected chi connectivity index (χ0v) is 12.2. The number of Topliss-reactive ketones (excluding diaryl/α,β-unsaturated/α-hetero) is 1. The van der Waals surface area contributed by atoms with E-state index in [1.807, 2.05) is 42.5 Å². The van der Waals surface area contributed by atoms with Crippen molar-refractivity contribution >= 4 is 27.2 Å². The van der Waals surface area contributed by atoms with Crippen molar-refractivity contribution in [2.24, 2.45) is 0 Å². The van der Waals surface area contributed by atoms with E-state index < -0.39 is 0 Å². The Labute approximate surface area is 127 Å². The quantitative estimate of drug-likeness (QED) is 0.643. The van der Waals surface area contributed by atoms with Gasteiger partial charge in [-0.2, -0.15) is 0 Å². The van der Waals surface area contributed by atoms with Crippen LogP contribution in [0.4, 0.5) is 0 Å². The second kappa shape index (κ2) is 5.01. The number of fused-ring (bicyclic) bond motifs is 2. The Morgan fingerprint density at radius 3 is 2.81 bits per heavy atom. The van der Waals surface area contributed by atoms with Crippen LogP contribution in [0.3, 0.4) is 0 Å². The summed E-state index contributed by atoms with van der Waals surface area (Å²) in [7, 11) is 0. The van der Waals surface area contributed by atoms with Gasteiger partial charge in [-0.15, -0.1) is 11.3 Å². The fraction of sp³-hybridized carbons (Fsp3) is 0.167. The van der Waals surface area contributed by atoms with Gasteiger partial charge in [-0.05, 0) is 30.0 Å². The maximum absolute atomic E-state index is 12.9. The monoisotopic (exact) mass is 294 g/mol. The largest absolute Gasteiger partial charge is 0.493 e. The van der Waals surface area contributed by atoms with E-state index in [1.165, 1.54) is 4.70 Å². The molecule has 1 aliphatic rings. The molecule has 104 valence electrons. The number of rotatable bonds is 2. The van der Waals surface area contributed by atoms with Gasteiger partial charge in [0.15, 0.2) is 5.78 Å². The molecule has 0 radical (unpaired) electrons. The van der Waals surface area contributed by atoms with Crippen LogP contribution in [0, 0.1) is 0 Å². The summed E-state index contributed by atoms with van der Waals surface area (Å²) < 4.78 is 6.82. The average molecular weight is 294 g/mol. The second-order valence-corrected chi connectivity index (χ2v) is 6.32. The molecule has 1 aromatic heterocycles. The number of carbonyl (C=O) groups excluding carboxylic acids is 1. The number of carbonyl (C=O) groups is 1. The molecule has 1 atom stereocenters. The minimum atomic E-state index is -0.0805. The summed E-state index contributed by atoms with van der Waals surface area (Å²) in [5.41, 5.74) is 1.02. The van der Waals surface area contributed by atoms with E-state index in [0.717, 1.165) is 28.0 Å². The maximum atomic E-state index is 12.9. The molecule has 0 bridgehead atoms. The molecule has 2 heterocycles. The molecule has 2 aromatic carbocycles. The summed E-state index contributed by atoms with van der Waals surface area (Å²) in [4.78, 5) is 13.7. The van der Waals surface area contributed by atoms with Gasteiger partial charge in [0.05, 0.1) is 17.4 Å². The minimum Gasteiger partial charge on any atom is -0.493 e. The van der Waals surface area contributed by atoms with Crippen LogP contribution in [-0.2, 0) is 0 Å². The van der Waals surface area contributed by atoms with E-state index in [2.05, 4.69) is 12.1 Å². The van der Waals surface area contributed by atoms with Crippen LogP contribution in [0.2, 0.25) is 0 Å². The summed E-state index contributed by atoms with van der Waals surface area (Å²) in [6.45, 7) is 0.609. The first-order valence-corrected chi connectivity index (χ1v) is 7.89.